The Balaban J connectivity index is 1.46. The highest BCUT2D eigenvalue weighted by molar-refractivity contribution is 7.20. The number of piperidine rings is 1. The molecule has 2 aromatic rings. The predicted octanol–water partition coefficient (Wildman–Crippen LogP) is 2.10. The molecular weight excluding hydrogens is 363 g/mol. The molecule has 0 aromatic carbocycles. The molecule has 4 heterocycles. The number of carbonyl (C=O) groups is 2. The minimum Gasteiger partial charge on any atom is -0.399 e. The monoisotopic (exact) mass is 384 g/mol. The van der Waals surface area contributed by atoms with Gasteiger partial charge in [0.1, 0.15) is 0 Å². The largest absolute Gasteiger partial charge is 0.496 e. The predicted molar refractivity (Wildman–Crippen MR) is 102 cm³/mol. The minimum atomic E-state index is -0.463. The highest BCUT2D eigenvalue weighted by Crippen LogP contribution is 2.47. The zero-order valence-electron chi connectivity index (χ0n) is 15.8. The standard InChI is InChI=1S/C19H21BN2O4S/c1-18(2)19(3,4)26-20(25-18)13-5-6-21-14-7-10(27-15(13)14)9-22-16(23)11-8-12(11)17(22)24/h5-7,11-12H,8-9H2,1-4H3. The number of nitrogens with zero attached hydrogens (tertiary/aromatic N) is 2. The van der Waals surface area contributed by atoms with E-state index in [1.807, 2.05) is 39.8 Å². The van der Waals surface area contributed by atoms with Gasteiger partial charge in [0, 0.05) is 16.5 Å². The molecule has 8 heteroatoms. The normalized spacial score (nSPS) is 28.3. The summed E-state index contributed by atoms with van der Waals surface area (Å²) in [6, 6.07) is 3.88. The number of thiophene rings is 1. The van der Waals surface area contributed by atoms with Crippen molar-refractivity contribution in [2.24, 2.45) is 11.8 Å². The Bertz CT molecular complexity index is 949. The van der Waals surface area contributed by atoms with E-state index in [0.717, 1.165) is 27.0 Å². The lowest BCUT2D eigenvalue weighted by Gasteiger charge is -2.32. The third-order valence-corrected chi connectivity index (χ3v) is 7.43. The number of hydrogen-bond donors (Lipinski definition) is 0. The summed E-state index contributed by atoms with van der Waals surface area (Å²) in [5.41, 5.74) is 0.953. The number of likely N-dealkylation sites (tertiary alicyclic amines) is 1. The van der Waals surface area contributed by atoms with Crippen LogP contribution in [0, 0.1) is 11.8 Å². The summed E-state index contributed by atoms with van der Waals surface area (Å²) in [5.74, 6) is -0.182. The van der Waals surface area contributed by atoms with Gasteiger partial charge in [0.05, 0.1) is 39.8 Å². The molecular formula is C19H21BN2O4S. The van der Waals surface area contributed by atoms with Crippen molar-refractivity contribution >= 4 is 45.9 Å². The zero-order valence-corrected chi connectivity index (χ0v) is 16.6. The smallest absolute Gasteiger partial charge is 0.399 e. The third-order valence-electron chi connectivity index (χ3n) is 6.27. The fourth-order valence-corrected chi connectivity index (χ4v) is 4.93. The van der Waals surface area contributed by atoms with Crippen LogP contribution in [-0.2, 0) is 25.4 Å². The topological polar surface area (TPSA) is 68.7 Å². The SMILES string of the molecule is CC1(C)OB(c2ccnc3cc(CN4C(=O)C5CC5C4=O)sc23)OC1(C)C. The van der Waals surface area contributed by atoms with Gasteiger partial charge in [-0.05, 0) is 46.2 Å². The summed E-state index contributed by atoms with van der Waals surface area (Å²) in [6.07, 6.45) is 2.48. The molecule has 3 aliphatic rings. The van der Waals surface area contributed by atoms with Crippen LogP contribution in [0.4, 0.5) is 0 Å². The summed E-state index contributed by atoms with van der Waals surface area (Å²) in [5, 5.41) is 0. The van der Waals surface area contributed by atoms with E-state index in [1.165, 1.54) is 4.90 Å². The van der Waals surface area contributed by atoms with Crippen LogP contribution in [0.15, 0.2) is 18.3 Å². The molecule has 1 aliphatic carbocycles. The molecule has 2 aromatic heterocycles. The van der Waals surface area contributed by atoms with Crippen LogP contribution in [0.25, 0.3) is 10.2 Å². The summed E-state index contributed by atoms with van der Waals surface area (Å²) in [7, 11) is -0.463. The molecule has 2 amide bonds. The van der Waals surface area contributed by atoms with Crippen LogP contribution in [0.2, 0.25) is 0 Å². The number of carbonyl (C=O) groups excluding carboxylic acids is 2. The average Bonchev–Trinajstić information content (AvgIpc) is 3.15. The van der Waals surface area contributed by atoms with Crippen LogP contribution in [0.1, 0.15) is 39.0 Å². The average molecular weight is 384 g/mol. The zero-order chi connectivity index (χ0) is 19.1. The van der Waals surface area contributed by atoms with E-state index in [4.69, 9.17) is 9.31 Å². The Hall–Kier alpha value is -1.77. The van der Waals surface area contributed by atoms with Gasteiger partial charge in [0.2, 0.25) is 11.8 Å². The van der Waals surface area contributed by atoms with Crippen LogP contribution < -0.4 is 5.46 Å². The number of hydrogen-bond acceptors (Lipinski definition) is 6. The minimum absolute atomic E-state index is 0.0263. The molecule has 2 atom stereocenters. The summed E-state index contributed by atoms with van der Waals surface area (Å²) in [4.78, 5) is 31.3. The van der Waals surface area contributed by atoms with Crippen LogP contribution in [0.3, 0.4) is 0 Å². The quantitative estimate of drug-likeness (QED) is 0.599. The first-order chi connectivity index (χ1) is 12.7. The Labute approximate surface area is 162 Å². The fraction of sp³-hybridized carbons (Fsp3) is 0.526. The van der Waals surface area contributed by atoms with Crippen molar-refractivity contribution in [3.05, 3.63) is 23.2 Å². The second-order valence-corrected chi connectivity index (χ2v) is 9.76. The lowest BCUT2D eigenvalue weighted by molar-refractivity contribution is -0.141. The molecule has 27 heavy (non-hydrogen) atoms. The molecule has 0 radical (unpaired) electrons. The van der Waals surface area contributed by atoms with Crippen molar-refractivity contribution < 1.29 is 18.9 Å². The molecule has 2 saturated heterocycles. The molecule has 5 rings (SSSR count). The van der Waals surface area contributed by atoms with Crippen molar-refractivity contribution in [1.29, 1.82) is 0 Å². The van der Waals surface area contributed by atoms with Gasteiger partial charge in [-0.1, -0.05) is 0 Å². The Morgan fingerprint density at radius 3 is 2.44 bits per heavy atom. The number of aromatic nitrogens is 1. The summed E-state index contributed by atoms with van der Waals surface area (Å²) in [6.45, 7) is 8.44. The second kappa shape index (κ2) is 5.40. The number of rotatable bonds is 3. The first kappa shape index (κ1) is 17.3. The molecule has 0 bridgehead atoms. The second-order valence-electron chi connectivity index (χ2n) is 8.63. The van der Waals surface area contributed by atoms with Crippen molar-refractivity contribution in [3.8, 4) is 0 Å². The van der Waals surface area contributed by atoms with Crippen molar-refractivity contribution in [2.45, 2.75) is 51.9 Å². The molecule has 0 N–H and O–H groups in total. The van der Waals surface area contributed by atoms with Gasteiger partial charge in [0.25, 0.3) is 0 Å². The van der Waals surface area contributed by atoms with Gasteiger partial charge in [-0.25, -0.2) is 0 Å². The fourth-order valence-electron chi connectivity index (χ4n) is 3.80. The Kier molecular flexibility index (Phi) is 3.47. The van der Waals surface area contributed by atoms with Gasteiger partial charge in [-0.15, -0.1) is 11.3 Å². The van der Waals surface area contributed by atoms with Crippen molar-refractivity contribution in [2.75, 3.05) is 0 Å². The van der Waals surface area contributed by atoms with Gasteiger partial charge >= 0.3 is 7.12 Å². The summed E-state index contributed by atoms with van der Waals surface area (Å²) < 4.78 is 13.4. The van der Waals surface area contributed by atoms with Crippen LogP contribution in [-0.4, -0.2) is 40.0 Å². The van der Waals surface area contributed by atoms with E-state index in [2.05, 4.69) is 4.98 Å². The van der Waals surface area contributed by atoms with Crippen molar-refractivity contribution in [3.63, 3.8) is 0 Å². The molecule has 140 valence electrons. The van der Waals surface area contributed by atoms with Gasteiger partial charge in [-0.3, -0.25) is 19.5 Å². The summed E-state index contributed by atoms with van der Waals surface area (Å²) >= 11 is 1.55. The van der Waals surface area contributed by atoms with Crippen molar-refractivity contribution in [1.82, 2.24) is 9.88 Å². The molecule has 6 nitrogen and oxygen atoms in total. The molecule has 2 unspecified atom stereocenters. The van der Waals surface area contributed by atoms with E-state index < -0.39 is 18.3 Å². The third kappa shape index (κ3) is 2.50. The lowest BCUT2D eigenvalue weighted by atomic mass is 9.79. The maximum atomic E-state index is 12.3. The van der Waals surface area contributed by atoms with Gasteiger partial charge in [-0.2, -0.15) is 0 Å². The first-order valence-electron chi connectivity index (χ1n) is 9.26. The number of amides is 2. The maximum Gasteiger partial charge on any atom is 0.496 e. The molecule has 3 fully saturated rings. The van der Waals surface area contributed by atoms with E-state index >= 15 is 0 Å². The highest BCUT2D eigenvalue weighted by Gasteiger charge is 2.58. The molecule has 0 spiro atoms. The Morgan fingerprint density at radius 2 is 1.81 bits per heavy atom. The van der Waals surface area contributed by atoms with Crippen LogP contribution in [0.5, 0.6) is 0 Å². The molecule has 1 saturated carbocycles. The Morgan fingerprint density at radius 1 is 1.19 bits per heavy atom. The highest BCUT2D eigenvalue weighted by atomic mass is 32.1. The van der Waals surface area contributed by atoms with E-state index in [9.17, 15) is 9.59 Å². The maximum absolute atomic E-state index is 12.3. The van der Waals surface area contributed by atoms with Gasteiger partial charge in [0.15, 0.2) is 0 Å². The first-order valence-corrected chi connectivity index (χ1v) is 10.1. The number of pyridine rings is 1. The molecule has 2 aliphatic heterocycles. The van der Waals surface area contributed by atoms with E-state index in [1.54, 1.807) is 17.5 Å². The van der Waals surface area contributed by atoms with Gasteiger partial charge < -0.3 is 9.31 Å². The van der Waals surface area contributed by atoms with E-state index in [-0.39, 0.29) is 23.7 Å². The van der Waals surface area contributed by atoms with Crippen LogP contribution >= 0.6 is 11.3 Å². The van der Waals surface area contributed by atoms with E-state index in [0.29, 0.717) is 6.54 Å². The number of imide groups is 1. The lowest BCUT2D eigenvalue weighted by Crippen LogP contribution is -2.41. The number of fused-ring (bicyclic) bond motifs is 2.